The van der Waals surface area contributed by atoms with Crippen molar-refractivity contribution in [3.8, 4) is 0 Å². The Balaban J connectivity index is 1.72. The molecule has 3 N–H and O–H groups in total. The molecule has 1 saturated carbocycles. The molecule has 29 heavy (non-hydrogen) atoms. The Morgan fingerprint density at radius 2 is 2.07 bits per heavy atom. The molecule has 4 heteroatoms. The molecule has 0 aromatic heterocycles. The summed E-state index contributed by atoms with van der Waals surface area (Å²) in [6.07, 6.45) is 14.7. The molecule has 0 bridgehead atoms. The SMILES string of the molecule is CCCC[C@H](C)C[C@H](O)/C=C/[C@@H]1[C@H]2CC(CNCCCCN(C)C)=C[C@H]2C[C@H]1O. The van der Waals surface area contributed by atoms with Crippen LogP contribution in [0.4, 0.5) is 0 Å². The zero-order chi connectivity index (χ0) is 21.2. The van der Waals surface area contributed by atoms with Gasteiger partial charge in [0.15, 0.2) is 0 Å². The third-order valence-electron chi connectivity index (χ3n) is 6.76. The highest BCUT2D eigenvalue weighted by Crippen LogP contribution is 2.47. The lowest BCUT2D eigenvalue weighted by molar-refractivity contribution is 0.139. The lowest BCUT2D eigenvalue weighted by atomic mass is 9.88. The molecule has 2 aliphatic carbocycles. The number of aliphatic hydroxyl groups excluding tert-OH is 2. The molecule has 0 saturated heterocycles. The van der Waals surface area contributed by atoms with Crippen molar-refractivity contribution in [2.45, 2.75) is 77.4 Å². The van der Waals surface area contributed by atoms with Crippen LogP contribution in [0.15, 0.2) is 23.8 Å². The summed E-state index contributed by atoms with van der Waals surface area (Å²) < 4.78 is 0. The van der Waals surface area contributed by atoms with Gasteiger partial charge in [-0.05, 0) is 77.0 Å². The number of hydrogen-bond acceptors (Lipinski definition) is 4. The number of fused-ring (bicyclic) bond motifs is 1. The first-order valence-corrected chi connectivity index (χ1v) is 12.0. The van der Waals surface area contributed by atoms with Gasteiger partial charge in [0, 0.05) is 12.5 Å². The van der Waals surface area contributed by atoms with Crippen molar-refractivity contribution in [3.63, 3.8) is 0 Å². The van der Waals surface area contributed by atoms with E-state index < -0.39 is 0 Å². The first kappa shape index (κ1) is 24.6. The zero-order valence-corrected chi connectivity index (χ0v) is 19.3. The maximum Gasteiger partial charge on any atom is 0.0723 e. The van der Waals surface area contributed by atoms with Crippen LogP contribution in [0, 0.1) is 23.7 Å². The molecular formula is C25H46N2O2. The van der Waals surface area contributed by atoms with Gasteiger partial charge in [-0.3, -0.25) is 0 Å². The lowest BCUT2D eigenvalue weighted by Gasteiger charge is -2.19. The Labute approximate surface area is 179 Å². The van der Waals surface area contributed by atoms with Gasteiger partial charge >= 0.3 is 0 Å². The van der Waals surface area contributed by atoms with Gasteiger partial charge in [0.1, 0.15) is 0 Å². The van der Waals surface area contributed by atoms with Crippen molar-refractivity contribution in [1.29, 1.82) is 0 Å². The molecule has 2 rings (SSSR count). The highest BCUT2D eigenvalue weighted by atomic mass is 16.3. The van der Waals surface area contributed by atoms with Gasteiger partial charge in [-0.15, -0.1) is 0 Å². The largest absolute Gasteiger partial charge is 0.392 e. The van der Waals surface area contributed by atoms with E-state index in [0.29, 0.717) is 17.8 Å². The molecule has 0 spiro atoms. The van der Waals surface area contributed by atoms with E-state index in [4.69, 9.17) is 0 Å². The molecule has 168 valence electrons. The Kier molecular flexibility index (Phi) is 10.9. The molecule has 4 nitrogen and oxygen atoms in total. The second kappa shape index (κ2) is 12.9. The molecule has 2 aliphatic rings. The normalized spacial score (nSPS) is 28.9. The first-order valence-electron chi connectivity index (χ1n) is 12.0. The van der Waals surface area contributed by atoms with Gasteiger partial charge < -0.3 is 20.4 Å². The number of aliphatic hydroxyl groups is 2. The van der Waals surface area contributed by atoms with E-state index in [1.807, 2.05) is 6.08 Å². The first-order chi connectivity index (χ1) is 13.9. The van der Waals surface area contributed by atoms with Gasteiger partial charge in [0.25, 0.3) is 0 Å². The van der Waals surface area contributed by atoms with E-state index in [9.17, 15) is 10.2 Å². The van der Waals surface area contributed by atoms with Crippen molar-refractivity contribution < 1.29 is 10.2 Å². The molecule has 6 atom stereocenters. The van der Waals surface area contributed by atoms with Crippen LogP contribution in [0.25, 0.3) is 0 Å². The second-order valence-electron chi connectivity index (χ2n) is 9.86. The van der Waals surface area contributed by atoms with E-state index in [0.717, 1.165) is 38.9 Å². The monoisotopic (exact) mass is 406 g/mol. The summed E-state index contributed by atoms with van der Waals surface area (Å²) in [5.74, 6) is 1.76. The molecule has 0 aromatic carbocycles. The number of nitrogens with zero attached hydrogens (tertiary/aromatic N) is 1. The molecule has 0 amide bonds. The van der Waals surface area contributed by atoms with E-state index in [1.165, 1.54) is 37.7 Å². The highest BCUT2D eigenvalue weighted by molar-refractivity contribution is 5.21. The summed E-state index contributed by atoms with van der Waals surface area (Å²) in [5, 5.41) is 24.5. The quantitative estimate of drug-likeness (QED) is 0.301. The van der Waals surface area contributed by atoms with Crippen molar-refractivity contribution in [2.24, 2.45) is 23.7 Å². The predicted octanol–water partition coefficient (Wildman–Crippen LogP) is 3.99. The maximum absolute atomic E-state index is 10.5. The fourth-order valence-corrected chi connectivity index (χ4v) is 5.08. The van der Waals surface area contributed by atoms with Crippen molar-refractivity contribution >= 4 is 0 Å². The van der Waals surface area contributed by atoms with Gasteiger partial charge in [-0.25, -0.2) is 0 Å². The van der Waals surface area contributed by atoms with Crippen LogP contribution in [-0.2, 0) is 0 Å². The molecule has 0 aliphatic heterocycles. The summed E-state index contributed by atoms with van der Waals surface area (Å²) in [4.78, 5) is 2.24. The predicted molar refractivity (Wildman–Crippen MR) is 123 cm³/mol. The molecule has 0 radical (unpaired) electrons. The van der Waals surface area contributed by atoms with Crippen LogP contribution in [0.5, 0.6) is 0 Å². The number of unbranched alkanes of at least 4 members (excludes halogenated alkanes) is 2. The average Bonchev–Trinajstić information content (AvgIpc) is 3.17. The van der Waals surface area contributed by atoms with Crippen LogP contribution in [0.3, 0.4) is 0 Å². The Bertz CT molecular complexity index is 517. The molecule has 0 heterocycles. The fraction of sp³-hybridized carbons (Fsp3) is 0.840. The van der Waals surface area contributed by atoms with Gasteiger partial charge in [-0.2, -0.15) is 0 Å². The van der Waals surface area contributed by atoms with E-state index in [1.54, 1.807) is 0 Å². The van der Waals surface area contributed by atoms with Crippen LogP contribution in [0.2, 0.25) is 0 Å². The van der Waals surface area contributed by atoms with Crippen molar-refractivity contribution in [2.75, 3.05) is 33.7 Å². The zero-order valence-electron chi connectivity index (χ0n) is 19.3. The van der Waals surface area contributed by atoms with Gasteiger partial charge in [-0.1, -0.05) is 56.9 Å². The summed E-state index contributed by atoms with van der Waals surface area (Å²) in [6.45, 7) is 7.66. The Morgan fingerprint density at radius 1 is 1.28 bits per heavy atom. The topological polar surface area (TPSA) is 55.7 Å². The summed E-state index contributed by atoms with van der Waals surface area (Å²) in [5.41, 5.74) is 1.51. The van der Waals surface area contributed by atoms with E-state index >= 15 is 0 Å². The Morgan fingerprint density at radius 3 is 2.79 bits per heavy atom. The van der Waals surface area contributed by atoms with Crippen LogP contribution in [0.1, 0.15) is 65.2 Å². The smallest absolute Gasteiger partial charge is 0.0723 e. The van der Waals surface area contributed by atoms with Crippen LogP contribution < -0.4 is 5.32 Å². The third kappa shape index (κ3) is 8.53. The fourth-order valence-electron chi connectivity index (χ4n) is 5.08. The summed E-state index contributed by atoms with van der Waals surface area (Å²) in [7, 11) is 4.25. The molecule has 0 unspecified atom stereocenters. The highest BCUT2D eigenvalue weighted by Gasteiger charge is 2.43. The third-order valence-corrected chi connectivity index (χ3v) is 6.76. The van der Waals surface area contributed by atoms with Crippen molar-refractivity contribution in [1.82, 2.24) is 10.2 Å². The maximum atomic E-state index is 10.5. The number of rotatable bonds is 14. The molecule has 0 aromatic rings. The minimum absolute atomic E-state index is 0.189. The molecular weight excluding hydrogens is 360 g/mol. The minimum Gasteiger partial charge on any atom is -0.392 e. The van der Waals surface area contributed by atoms with Gasteiger partial charge in [0.2, 0.25) is 0 Å². The summed E-state index contributed by atoms with van der Waals surface area (Å²) in [6, 6.07) is 0. The average molecular weight is 407 g/mol. The van der Waals surface area contributed by atoms with Crippen molar-refractivity contribution in [3.05, 3.63) is 23.8 Å². The lowest BCUT2D eigenvalue weighted by Crippen LogP contribution is -2.22. The Hall–Kier alpha value is -0.680. The standard InChI is InChI=1S/C25H46N2O2/c1-5-6-9-19(2)14-22(28)10-11-23-24-16-20(15-21(24)17-25(23)29)18-26-12-7-8-13-27(3)4/h10-11,15,19,21-26,28-29H,5-9,12-14,16-18H2,1-4H3/b11-10+/t19-,21-,22+,23+,24-,25+/m0/s1. The number of nitrogens with one attached hydrogen (secondary N) is 1. The van der Waals surface area contributed by atoms with Gasteiger partial charge in [0.05, 0.1) is 12.2 Å². The number of hydrogen-bond donors (Lipinski definition) is 3. The number of allylic oxidation sites excluding steroid dienone is 1. The van der Waals surface area contributed by atoms with E-state index in [2.05, 4.69) is 50.3 Å². The van der Waals surface area contributed by atoms with Crippen LogP contribution in [-0.4, -0.2) is 61.1 Å². The molecule has 1 fully saturated rings. The summed E-state index contributed by atoms with van der Waals surface area (Å²) >= 11 is 0. The van der Waals surface area contributed by atoms with E-state index in [-0.39, 0.29) is 18.1 Å². The minimum atomic E-state index is -0.384. The van der Waals surface area contributed by atoms with Crippen LogP contribution >= 0.6 is 0 Å². The second-order valence-corrected chi connectivity index (χ2v) is 9.86.